The van der Waals surface area contributed by atoms with Gasteiger partial charge < -0.3 is 28.4 Å². The van der Waals surface area contributed by atoms with E-state index in [4.69, 9.17) is 28.4 Å². The molecular formula is C42H48O10. The van der Waals surface area contributed by atoms with Gasteiger partial charge in [0.2, 0.25) is 0 Å². The first-order valence-corrected chi connectivity index (χ1v) is 17.9. The van der Waals surface area contributed by atoms with Crippen molar-refractivity contribution in [3.8, 4) is 28.4 Å². The van der Waals surface area contributed by atoms with Crippen molar-refractivity contribution in [1.29, 1.82) is 0 Å². The number of carbonyl (C=O) groups is 4. The molecule has 0 aliphatic heterocycles. The monoisotopic (exact) mass is 712 g/mol. The summed E-state index contributed by atoms with van der Waals surface area (Å²) in [7, 11) is 0. The molecule has 1 unspecified atom stereocenters. The first-order valence-electron chi connectivity index (χ1n) is 17.9. The van der Waals surface area contributed by atoms with E-state index in [0.29, 0.717) is 62.8 Å². The Labute approximate surface area is 305 Å². The molecule has 276 valence electrons. The molecule has 0 saturated heterocycles. The van der Waals surface area contributed by atoms with Gasteiger partial charge in [-0.2, -0.15) is 0 Å². The molecule has 10 heteroatoms. The van der Waals surface area contributed by atoms with Crippen LogP contribution in [0.3, 0.4) is 0 Å². The van der Waals surface area contributed by atoms with Crippen LogP contribution in [0.5, 0.6) is 17.2 Å². The van der Waals surface area contributed by atoms with Gasteiger partial charge in [-0.05, 0) is 116 Å². The fourth-order valence-corrected chi connectivity index (χ4v) is 5.62. The van der Waals surface area contributed by atoms with Gasteiger partial charge in [-0.25, -0.2) is 14.4 Å². The number of unbranched alkanes of at least 4 members (excludes halogenated alkanes) is 4. The molecule has 0 N–H and O–H groups in total. The van der Waals surface area contributed by atoms with E-state index in [1.165, 1.54) is 0 Å². The summed E-state index contributed by atoms with van der Waals surface area (Å²) in [5, 5.41) is 0. The molecule has 3 aromatic rings. The Balaban J connectivity index is 1.16. The maximum atomic E-state index is 12.9. The van der Waals surface area contributed by atoms with Gasteiger partial charge in [-0.1, -0.05) is 39.1 Å². The van der Waals surface area contributed by atoms with Crippen LogP contribution in [0.15, 0.2) is 85.5 Å². The van der Waals surface area contributed by atoms with Crippen LogP contribution in [-0.2, 0) is 28.6 Å². The van der Waals surface area contributed by atoms with Gasteiger partial charge in [0.25, 0.3) is 0 Å². The summed E-state index contributed by atoms with van der Waals surface area (Å²) in [6.07, 6.45) is 6.47. The van der Waals surface area contributed by atoms with Crippen molar-refractivity contribution in [3.63, 3.8) is 0 Å². The minimum Gasteiger partial charge on any atom is -0.494 e. The third kappa shape index (κ3) is 11.9. The Hall–Kier alpha value is -5.38. The van der Waals surface area contributed by atoms with E-state index in [0.717, 1.165) is 59.8 Å². The summed E-state index contributed by atoms with van der Waals surface area (Å²) < 4.78 is 32.7. The Morgan fingerprint density at radius 2 is 1.23 bits per heavy atom. The third-order valence-electron chi connectivity index (χ3n) is 8.44. The van der Waals surface area contributed by atoms with Gasteiger partial charge in [0, 0.05) is 17.6 Å². The van der Waals surface area contributed by atoms with Crippen LogP contribution < -0.4 is 14.2 Å². The van der Waals surface area contributed by atoms with Crippen molar-refractivity contribution in [3.05, 3.63) is 102 Å². The average Bonchev–Trinajstić information content (AvgIpc) is 3.42. The summed E-state index contributed by atoms with van der Waals surface area (Å²) in [5.74, 6) is 0.0826. The second-order valence-corrected chi connectivity index (χ2v) is 12.5. The number of hydrogen-bond donors (Lipinski definition) is 0. The molecule has 1 atom stereocenters. The van der Waals surface area contributed by atoms with Gasteiger partial charge in [-0.3, -0.25) is 4.79 Å². The summed E-state index contributed by atoms with van der Waals surface area (Å²) >= 11 is 0. The van der Waals surface area contributed by atoms with Gasteiger partial charge >= 0.3 is 23.9 Å². The summed E-state index contributed by atoms with van der Waals surface area (Å²) in [4.78, 5) is 47.7. The van der Waals surface area contributed by atoms with Crippen molar-refractivity contribution in [2.45, 2.75) is 71.1 Å². The summed E-state index contributed by atoms with van der Waals surface area (Å²) in [6.45, 7) is 13.0. The maximum Gasteiger partial charge on any atom is 0.343 e. The van der Waals surface area contributed by atoms with Crippen molar-refractivity contribution < 1.29 is 47.6 Å². The number of benzene rings is 3. The Bertz CT molecular complexity index is 1710. The highest BCUT2D eigenvalue weighted by Gasteiger charge is 2.27. The second kappa shape index (κ2) is 20.5. The molecule has 0 radical (unpaired) electrons. The number of carbonyl (C=O) groups excluding carboxylic acids is 4. The number of rotatable bonds is 22. The maximum absolute atomic E-state index is 12.9. The predicted molar refractivity (Wildman–Crippen MR) is 197 cm³/mol. The van der Waals surface area contributed by atoms with E-state index in [9.17, 15) is 19.2 Å². The fraction of sp³-hybridized carbons (Fsp3) is 0.381. The molecule has 0 amide bonds. The second-order valence-electron chi connectivity index (χ2n) is 12.5. The largest absolute Gasteiger partial charge is 0.494 e. The third-order valence-corrected chi connectivity index (χ3v) is 8.44. The highest BCUT2D eigenvalue weighted by atomic mass is 16.5. The highest BCUT2D eigenvalue weighted by Crippen LogP contribution is 2.47. The van der Waals surface area contributed by atoms with E-state index >= 15 is 0 Å². The molecule has 0 aromatic heterocycles. The smallest absolute Gasteiger partial charge is 0.343 e. The Kier molecular flexibility index (Phi) is 15.5. The standard InChI is InChI=1S/C42H48O10/c1-5-21-49-40(44)26-29(3)41(45)51-25-10-8-7-9-22-48-33-17-19-35-36-20-18-34(28-38(36)30(4)37(35)27-33)52-42(46)31-13-15-32(16-14-31)47-23-11-12-24-50-39(43)6-2/h6,13-20,27-28,30H,2-3,5,7-12,21-26H2,1,4H3. The molecule has 3 aromatic carbocycles. The Morgan fingerprint density at radius 3 is 1.90 bits per heavy atom. The summed E-state index contributed by atoms with van der Waals surface area (Å²) in [5.41, 5.74) is 5.00. The molecular weight excluding hydrogens is 664 g/mol. The van der Waals surface area contributed by atoms with E-state index in [1.807, 2.05) is 31.2 Å². The molecule has 4 rings (SSSR count). The van der Waals surface area contributed by atoms with Gasteiger partial charge in [0.05, 0.1) is 45.0 Å². The number of fused-ring (bicyclic) bond motifs is 3. The average molecular weight is 713 g/mol. The van der Waals surface area contributed by atoms with Crippen LogP contribution >= 0.6 is 0 Å². The van der Waals surface area contributed by atoms with Crippen LogP contribution in [0.1, 0.15) is 92.6 Å². The van der Waals surface area contributed by atoms with Crippen LogP contribution in [0.2, 0.25) is 0 Å². The molecule has 1 aliphatic rings. The molecule has 0 fully saturated rings. The van der Waals surface area contributed by atoms with Crippen LogP contribution in [0.25, 0.3) is 11.1 Å². The number of ether oxygens (including phenoxy) is 6. The fourth-order valence-electron chi connectivity index (χ4n) is 5.62. The minimum atomic E-state index is -0.563. The Morgan fingerprint density at radius 1 is 0.673 bits per heavy atom. The zero-order chi connectivity index (χ0) is 37.3. The lowest BCUT2D eigenvalue weighted by molar-refractivity contribution is -0.146. The van der Waals surface area contributed by atoms with Crippen LogP contribution in [0.4, 0.5) is 0 Å². The van der Waals surface area contributed by atoms with Crippen molar-refractivity contribution in [1.82, 2.24) is 0 Å². The van der Waals surface area contributed by atoms with Crippen LogP contribution in [-0.4, -0.2) is 56.9 Å². The zero-order valence-electron chi connectivity index (χ0n) is 30.1. The first kappa shape index (κ1) is 39.4. The van der Waals surface area contributed by atoms with Gasteiger partial charge in [0.15, 0.2) is 0 Å². The highest BCUT2D eigenvalue weighted by molar-refractivity contribution is 5.93. The molecule has 10 nitrogen and oxygen atoms in total. The van der Waals surface area contributed by atoms with Gasteiger partial charge in [-0.15, -0.1) is 0 Å². The quantitative estimate of drug-likeness (QED) is 0.0330. The molecule has 0 heterocycles. The summed E-state index contributed by atoms with van der Waals surface area (Å²) in [6, 6.07) is 18.7. The molecule has 52 heavy (non-hydrogen) atoms. The van der Waals surface area contributed by atoms with Gasteiger partial charge in [0.1, 0.15) is 17.2 Å². The van der Waals surface area contributed by atoms with E-state index in [2.05, 4.69) is 32.2 Å². The SMILES string of the molecule is C=CC(=O)OCCCCOc1ccc(C(=O)Oc2ccc3c(c2)C(C)c2cc(OCCCCCCOC(=O)C(=C)CC(=O)OCCC)ccc2-3)cc1. The number of hydrogen-bond acceptors (Lipinski definition) is 10. The van der Waals surface area contributed by atoms with Crippen LogP contribution in [0, 0.1) is 0 Å². The predicted octanol–water partition coefficient (Wildman–Crippen LogP) is 8.31. The first-order chi connectivity index (χ1) is 25.2. The van der Waals surface area contributed by atoms with E-state index < -0.39 is 23.9 Å². The van der Waals surface area contributed by atoms with Crippen molar-refractivity contribution in [2.75, 3.05) is 33.0 Å². The lowest BCUT2D eigenvalue weighted by Crippen LogP contribution is -2.13. The number of esters is 4. The molecule has 0 spiro atoms. The van der Waals surface area contributed by atoms with Crippen molar-refractivity contribution in [2.24, 2.45) is 0 Å². The lowest BCUT2D eigenvalue weighted by Gasteiger charge is -2.11. The van der Waals surface area contributed by atoms with E-state index in [1.54, 1.807) is 24.3 Å². The minimum absolute atomic E-state index is 0.0958. The molecule has 0 bridgehead atoms. The molecule has 1 aliphatic carbocycles. The van der Waals surface area contributed by atoms with E-state index in [-0.39, 0.29) is 24.5 Å². The molecule has 0 saturated carbocycles. The van der Waals surface area contributed by atoms with Crippen molar-refractivity contribution >= 4 is 23.9 Å². The lowest BCUT2D eigenvalue weighted by atomic mass is 9.99. The normalized spacial score (nSPS) is 12.5. The topological polar surface area (TPSA) is 124 Å². The zero-order valence-corrected chi connectivity index (χ0v) is 30.1.